The highest BCUT2D eigenvalue weighted by atomic mass is 35.5. The first-order chi connectivity index (χ1) is 12.1. The van der Waals surface area contributed by atoms with E-state index in [4.69, 9.17) is 11.6 Å². The van der Waals surface area contributed by atoms with Crippen LogP contribution in [0.4, 0.5) is 0 Å². The number of rotatable bonds is 5. The minimum absolute atomic E-state index is 0.237. The van der Waals surface area contributed by atoms with E-state index in [-0.39, 0.29) is 5.91 Å². The van der Waals surface area contributed by atoms with Crippen molar-refractivity contribution >= 4 is 17.5 Å². The van der Waals surface area contributed by atoms with Gasteiger partial charge in [0.05, 0.1) is 6.42 Å². The molecule has 1 aliphatic heterocycles. The van der Waals surface area contributed by atoms with Crippen LogP contribution in [-0.2, 0) is 17.6 Å². The lowest BCUT2D eigenvalue weighted by Gasteiger charge is -2.34. The number of aryl methyl sites for hydroxylation is 1. The topological polar surface area (TPSA) is 23.6 Å². The summed E-state index contributed by atoms with van der Waals surface area (Å²) in [6.07, 6.45) is 1.53. The molecule has 3 rings (SSSR count). The van der Waals surface area contributed by atoms with Gasteiger partial charge in [0.1, 0.15) is 0 Å². The van der Waals surface area contributed by atoms with Gasteiger partial charge in [-0.15, -0.1) is 0 Å². The zero-order chi connectivity index (χ0) is 17.6. The number of hydrogen-bond acceptors (Lipinski definition) is 2. The molecule has 1 fully saturated rings. The molecule has 0 saturated carbocycles. The van der Waals surface area contributed by atoms with E-state index in [9.17, 15) is 4.79 Å². The molecule has 1 aliphatic rings. The number of hydrogen-bond donors (Lipinski definition) is 0. The van der Waals surface area contributed by atoms with Crippen molar-refractivity contribution in [2.75, 3.05) is 32.7 Å². The first-order valence-corrected chi connectivity index (χ1v) is 9.28. The highest BCUT2D eigenvalue weighted by Crippen LogP contribution is 2.12. The zero-order valence-corrected chi connectivity index (χ0v) is 15.5. The SMILES string of the molecule is Cc1ccc(CC(=O)N2CCN(CCc3ccc(Cl)cc3)CC2)cc1. The Morgan fingerprint density at radius 1 is 0.920 bits per heavy atom. The number of nitrogens with zero attached hydrogens (tertiary/aromatic N) is 2. The summed E-state index contributed by atoms with van der Waals surface area (Å²) < 4.78 is 0. The van der Waals surface area contributed by atoms with Crippen LogP contribution in [0.2, 0.25) is 5.02 Å². The van der Waals surface area contributed by atoms with E-state index in [1.165, 1.54) is 11.1 Å². The Hall–Kier alpha value is -1.84. The minimum Gasteiger partial charge on any atom is -0.340 e. The Bertz CT molecular complexity index is 689. The Balaban J connectivity index is 1.42. The highest BCUT2D eigenvalue weighted by molar-refractivity contribution is 6.30. The number of piperazine rings is 1. The molecule has 132 valence electrons. The number of halogens is 1. The van der Waals surface area contributed by atoms with Gasteiger partial charge in [0.25, 0.3) is 0 Å². The molecule has 1 amide bonds. The Labute approximate surface area is 155 Å². The lowest BCUT2D eigenvalue weighted by atomic mass is 10.1. The molecule has 25 heavy (non-hydrogen) atoms. The number of benzene rings is 2. The zero-order valence-electron chi connectivity index (χ0n) is 14.7. The van der Waals surface area contributed by atoms with E-state index >= 15 is 0 Å². The summed E-state index contributed by atoms with van der Waals surface area (Å²) in [5.41, 5.74) is 3.63. The fourth-order valence-corrected chi connectivity index (χ4v) is 3.28. The van der Waals surface area contributed by atoms with E-state index in [2.05, 4.69) is 48.2 Å². The molecule has 0 aliphatic carbocycles. The molecule has 0 spiro atoms. The number of carbonyl (C=O) groups excluding carboxylic acids is 1. The summed E-state index contributed by atoms with van der Waals surface area (Å²) in [7, 11) is 0. The van der Waals surface area contributed by atoms with E-state index in [1.807, 2.05) is 17.0 Å². The largest absolute Gasteiger partial charge is 0.340 e. The van der Waals surface area contributed by atoms with Gasteiger partial charge in [0.15, 0.2) is 0 Å². The third-order valence-corrected chi connectivity index (χ3v) is 5.08. The summed E-state index contributed by atoms with van der Waals surface area (Å²) in [5.74, 6) is 0.237. The Morgan fingerprint density at radius 2 is 1.52 bits per heavy atom. The second-order valence-electron chi connectivity index (χ2n) is 6.76. The van der Waals surface area contributed by atoms with Crippen molar-refractivity contribution in [2.24, 2.45) is 0 Å². The second-order valence-corrected chi connectivity index (χ2v) is 7.20. The third-order valence-electron chi connectivity index (χ3n) is 4.83. The van der Waals surface area contributed by atoms with Crippen LogP contribution in [0.25, 0.3) is 0 Å². The number of amides is 1. The monoisotopic (exact) mass is 356 g/mol. The maximum Gasteiger partial charge on any atom is 0.227 e. The summed E-state index contributed by atoms with van der Waals surface area (Å²) in [5, 5.41) is 0.782. The van der Waals surface area contributed by atoms with E-state index in [0.29, 0.717) is 6.42 Å². The summed E-state index contributed by atoms with van der Waals surface area (Å²) in [6, 6.07) is 16.3. The third kappa shape index (κ3) is 5.32. The first kappa shape index (κ1) is 18.0. The molecule has 3 nitrogen and oxygen atoms in total. The molecule has 0 unspecified atom stereocenters. The van der Waals surface area contributed by atoms with Gasteiger partial charge >= 0.3 is 0 Å². The van der Waals surface area contributed by atoms with Crippen molar-refractivity contribution in [1.82, 2.24) is 9.80 Å². The van der Waals surface area contributed by atoms with Gasteiger partial charge in [0.2, 0.25) is 5.91 Å². The molecule has 2 aromatic carbocycles. The Morgan fingerprint density at radius 3 is 2.16 bits per heavy atom. The van der Waals surface area contributed by atoms with Gasteiger partial charge in [-0.1, -0.05) is 53.6 Å². The van der Waals surface area contributed by atoms with Gasteiger partial charge < -0.3 is 4.90 Å². The molecule has 1 heterocycles. The Kier molecular flexibility index (Phi) is 6.11. The van der Waals surface area contributed by atoms with Crippen molar-refractivity contribution in [3.63, 3.8) is 0 Å². The van der Waals surface area contributed by atoms with Crippen molar-refractivity contribution in [3.05, 3.63) is 70.2 Å². The summed E-state index contributed by atoms with van der Waals surface area (Å²) >= 11 is 5.92. The summed E-state index contributed by atoms with van der Waals surface area (Å²) in [6.45, 7) is 6.65. The van der Waals surface area contributed by atoms with Crippen LogP contribution in [0.15, 0.2) is 48.5 Å². The van der Waals surface area contributed by atoms with Gasteiger partial charge in [-0.25, -0.2) is 0 Å². The molecule has 0 radical (unpaired) electrons. The van der Waals surface area contributed by atoms with Crippen molar-refractivity contribution < 1.29 is 4.79 Å². The minimum atomic E-state index is 0.237. The fourth-order valence-electron chi connectivity index (χ4n) is 3.15. The molecule has 4 heteroatoms. The quantitative estimate of drug-likeness (QED) is 0.817. The smallest absolute Gasteiger partial charge is 0.227 e. The second kappa shape index (κ2) is 8.50. The predicted octanol–water partition coefficient (Wildman–Crippen LogP) is 3.58. The molecule has 0 N–H and O–H groups in total. The number of carbonyl (C=O) groups is 1. The lowest BCUT2D eigenvalue weighted by molar-refractivity contribution is -0.132. The average molecular weight is 357 g/mol. The predicted molar refractivity (Wildman–Crippen MR) is 103 cm³/mol. The molecule has 0 atom stereocenters. The van der Waals surface area contributed by atoms with E-state index < -0.39 is 0 Å². The first-order valence-electron chi connectivity index (χ1n) is 8.90. The summed E-state index contributed by atoms with van der Waals surface area (Å²) in [4.78, 5) is 16.9. The van der Waals surface area contributed by atoms with Gasteiger partial charge in [-0.05, 0) is 36.6 Å². The van der Waals surface area contributed by atoms with Gasteiger partial charge in [0, 0.05) is 37.7 Å². The van der Waals surface area contributed by atoms with Crippen LogP contribution in [0.3, 0.4) is 0 Å². The van der Waals surface area contributed by atoms with Gasteiger partial charge in [-0.2, -0.15) is 0 Å². The van der Waals surface area contributed by atoms with Crippen LogP contribution in [-0.4, -0.2) is 48.4 Å². The van der Waals surface area contributed by atoms with Gasteiger partial charge in [-0.3, -0.25) is 9.69 Å². The standard InChI is InChI=1S/C21H25ClN2O/c1-17-2-4-19(5-3-17)16-21(25)24-14-12-23(13-15-24)11-10-18-6-8-20(22)9-7-18/h2-9H,10-16H2,1H3. The lowest BCUT2D eigenvalue weighted by Crippen LogP contribution is -2.49. The molecule has 0 bridgehead atoms. The molecule has 0 aromatic heterocycles. The maximum atomic E-state index is 12.5. The maximum absolute atomic E-state index is 12.5. The van der Waals surface area contributed by atoms with Crippen LogP contribution < -0.4 is 0 Å². The van der Waals surface area contributed by atoms with Crippen molar-refractivity contribution in [1.29, 1.82) is 0 Å². The normalized spacial score (nSPS) is 15.4. The van der Waals surface area contributed by atoms with Crippen molar-refractivity contribution in [2.45, 2.75) is 19.8 Å². The molecule has 1 saturated heterocycles. The van der Waals surface area contributed by atoms with E-state index in [0.717, 1.165) is 49.7 Å². The van der Waals surface area contributed by atoms with Crippen LogP contribution in [0, 0.1) is 6.92 Å². The molecule has 2 aromatic rings. The molecular weight excluding hydrogens is 332 g/mol. The van der Waals surface area contributed by atoms with Crippen LogP contribution in [0.1, 0.15) is 16.7 Å². The average Bonchev–Trinajstić information content (AvgIpc) is 2.63. The highest BCUT2D eigenvalue weighted by Gasteiger charge is 2.20. The van der Waals surface area contributed by atoms with Crippen molar-refractivity contribution in [3.8, 4) is 0 Å². The fraction of sp³-hybridized carbons (Fsp3) is 0.381. The van der Waals surface area contributed by atoms with E-state index in [1.54, 1.807) is 0 Å². The molecular formula is C21H25ClN2O. The van der Waals surface area contributed by atoms with Crippen LogP contribution >= 0.6 is 11.6 Å². The van der Waals surface area contributed by atoms with Crippen LogP contribution in [0.5, 0.6) is 0 Å².